The van der Waals surface area contributed by atoms with Crippen LogP contribution < -0.4 is 15.8 Å². The maximum atomic E-state index is 12.3. The number of amides is 1. The van der Waals surface area contributed by atoms with E-state index in [0.717, 1.165) is 19.5 Å². The molecule has 5 nitrogen and oxygen atoms in total. The van der Waals surface area contributed by atoms with Gasteiger partial charge >= 0.3 is 0 Å². The Bertz CT molecular complexity index is 699. The number of halogens is 2. The molecule has 0 saturated heterocycles. The van der Waals surface area contributed by atoms with Crippen molar-refractivity contribution >= 4 is 35.6 Å². The van der Waals surface area contributed by atoms with Gasteiger partial charge in [-0.2, -0.15) is 0 Å². The summed E-state index contributed by atoms with van der Waals surface area (Å²) in [5.41, 5.74) is 7.57. The molecule has 0 aromatic heterocycles. The topological polar surface area (TPSA) is 67.6 Å². The van der Waals surface area contributed by atoms with Crippen LogP contribution in [0, 0.1) is 0 Å². The van der Waals surface area contributed by atoms with E-state index >= 15 is 0 Å². The van der Waals surface area contributed by atoms with Crippen molar-refractivity contribution in [2.24, 2.45) is 5.73 Å². The minimum atomic E-state index is -0.0766. The quantitative estimate of drug-likeness (QED) is 0.626. The monoisotopic (exact) mass is 411 g/mol. The van der Waals surface area contributed by atoms with Gasteiger partial charge in [-0.1, -0.05) is 41.9 Å². The van der Waals surface area contributed by atoms with Crippen molar-refractivity contribution in [3.63, 3.8) is 0 Å². The van der Waals surface area contributed by atoms with Crippen molar-refractivity contribution in [2.75, 3.05) is 38.6 Å². The lowest BCUT2D eigenvalue weighted by Crippen LogP contribution is -2.34. The second-order valence-corrected chi connectivity index (χ2v) is 6.45. The van der Waals surface area contributed by atoms with Gasteiger partial charge in [0.2, 0.25) is 5.91 Å². The first-order valence-corrected chi connectivity index (χ1v) is 9.10. The molecule has 2 aromatic carbocycles. The van der Waals surface area contributed by atoms with Gasteiger partial charge < -0.3 is 20.7 Å². The van der Waals surface area contributed by atoms with Crippen LogP contribution in [0.5, 0.6) is 5.75 Å². The fourth-order valence-electron chi connectivity index (χ4n) is 2.70. The van der Waals surface area contributed by atoms with E-state index in [2.05, 4.69) is 22.3 Å². The molecule has 0 unspecified atom stereocenters. The van der Waals surface area contributed by atoms with Crippen molar-refractivity contribution in [3.8, 4) is 5.75 Å². The van der Waals surface area contributed by atoms with E-state index in [0.29, 0.717) is 36.0 Å². The smallest absolute Gasteiger partial charge is 0.225 e. The zero-order valence-corrected chi connectivity index (χ0v) is 17.1. The summed E-state index contributed by atoms with van der Waals surface area (Å²) < 4.78 is 5.25. The van der Waals surface area contributed by atoms with Gasteiger partial charge in [-0.05, 0) is 30.2 Å². The highest BCUT2D eigenvalue weighted by Crippen LogP contribution is 2.27. The number of carbonyl (C=O) groups is 1. The summed E-state index contributed by atoms with van der Waals surface area (Å²) in [5, 5.41) is 3.42. The van der Waals surface area contributed by atoms with Gasteiger partial charge in [-0.25, -0.2) is 0 Å². The van der Waals surface area contributed by atoms with Gasteiger partial charge in [0.25, 0.3) is 0 Å². The van der Waals surface area contributed by atoms with Crippen molar-refractivity contribution in [3.05, 3.63) is 59.1 Å². The lowest BCUT2D eigenvalue weighted by Gasteiger charge is -2.21. The van der Waals surface area contributed by atoms with E-state index in [-0.39, 0.29) is 18.3 Å². The first-order valence-electron chi connectivity index (χ1n) is 8.72. The molecular weight excluding hydrogens is 385 g/mol. The zero-order valence-electron chi connectivity index (χ0n) is 15.5. The van der Waals surface area contributed by atoms with Gasteiger partial charge in [0.15, 0.2) is 0 Å². The third kappa shape index (κ3) is 8.18. The number of ether oxygens (including phenoxy) is 1. The van der Waals surface area contributed by atoms with Gasteiger partial charge in [-0.15, -0.1) is 12.4 Å². The SMILES string of the molecule is COc1ccc(Cl)cc1NC(=O)CCN(CCN)CCc1ccccc1.Cl. The van der Waals surface area contributed by atoms with Crippen LogP contribution in [0.3, 0.4) is 0 Å². The number of anilines is 1. The van der Waals surface area contributed by atoms with Crippen molar-refractivity contribution in [1.82, 2.24) is 4.90 Å². The van der Waals surface area contributed by atoms with E-state index in [4.69, 9.17) is 22.1 Å². The maximum absolute atomic E-state index is 12.3. The molecule has 0 aliphatic carbocycles. The predicted molar refractivity (Wildman–Crippen MR) is 114 cm³/mol. The molecule has 0 heterocycles. The molecule has 0 bridgehead atoms. The summed E-state index contributed by atoms with van der Waals surface area (Å²) in [4.78, 5) is 14.5. The van der Waals surface area contributed by atoms with E-state index < -0.39 is 0 Å². The number of benzene rings is 2. The summed E-state index contributed by atoms with van der Waals surface area (Å²) in [6.45, 7) is 2.85. The van der Waals surface area contributed by atoms with Crippen molar-refractivity contribution < 1.29 is 9.53 Å². The Morgan fingerprint density at radius 2 is 1.89 bits per heavy atom. The molecular formula is C20H27Cl2N3O2. The first-order chi connectivity index (χ1) is 12.6. The minimum Gasteiger partial charge on any atom is -0.495 e. The molecule has 0 saturated carbocycles. The van der Waals surface area contributed by atoms with Gasteiger partial charge in [0.1, 0.15) is 5.75 Å². The molecule has 0 spiro atoms. The van der Waals surface area contributed by atoms with Gasteiger partial charge in [-0.3, -0.25) is 4.79 Å². The molecule has 1 amide bonds. The molecule has 0 radical (unpaired) electrons. The van der Waals surface area contributed by atoms with E-state index in [1.165, 1.54) is 5.56 Å². The normalized spacial score (nSPS) is 10.4. The molecule has 27 heavy (non-hydrogen) atoms. The summed E-state index contributed by atoms with van der Waals surface area (Å²) in [7, 11) is 1.56. The Labute approximate surface area is 172 Å². The molecule has 0 atom stereocenters. The van der Waals surface area contributed by atoms with Gasteiger partial charge in [0, 0.05) is 37.6 Å². The van der Waals surface area contributed by atoms with Crippen LogP contribution in [0.1, 0.15) is 12.0 Å². The molecule has 3 N–H and O–H groups in total. The summed E-state index contributed by atoms with van der Waals surface area (Å²) in [5.74, 6) is 0.512. The molecule has 2 aromatic rings. The number of carbonyl (C=O) groups excluding carboxylic acids is 1. The molecule has 0 aliphatic heterocycles. The van der Waals surface area contributed by atoms with Crippen LogP contribution in [-0.4, -0.2) is 44.1 Å². The highest BCUT2D eigenvalue weighted by molar-refractivity contribution is 6.31. The van der Waals surface area contributed by atoms with Crippen LogP contribution in [0.4, 0.5) is 5.69 Å². The number of rotatable bonds is 10. The van der Waals surface area contributed by atoms with Gasteiger partial charge in [0.05, 0.1) is 12.8 Å². The number of hydrogen-bond donors (Lipinski definition) is 2. The van der Waals surface area contributed by atoms with Crippen LogP contribution in [0.2, 0.25) is 5.02 Å². The Morgan fingerprint density at radius 1 is 1.15 bits per heavy atom. The fraction of sp³-hybridized carbons (Fsp3) is 0.350. The number of hydrogen-bond acceptors (Lipinski definition) is 4. The van der Waals surface area contributed by atoms with Crippen molar-refractivity contribution in [2.45, 2.75) is 12.8 Å². The van der Waals surface area contributed by atoms with Crippen molar-refractivity contribution in [1.29, 1.82) is 0 Å². The predicted octanol–water partition coefficient (Wildman–Crippen LogP) is 3.60. The average molecular weight is 412 g/mol. The molecule has 0 fully saturated rings. The lowest BCUT2D eigenvalue weighted by atomic mass is 10.1. The molecule has 7 heteroatoms. The largest absolute Gasteiger partial charge is 0.495 e. The summed E-state index contributed by atoms with van der Waals surface area (Å²) in [6.07, 6.45) is 1.31. The second-order valence-electron chi connectivity index (χ2n) is 6.01. The molecule has 0 aliphatic rings. The lowest BCUT2D eigenvalue weighted by molar-refractivity contribution is -0.116. The highest BCUT2D eigenvalue weighted by Gasteiger charge is 2.11. The second kappa shape index (κ2) is 12.6. The van der Waals surface area contributed by atoms with Crippen LogP contribution in [0.25, 0.3) is 0 Å². The number of nitrogens with zero attached hydrogens (tertiary/aromatic N) is 1. The molecule has 148 valence electrons. The van der Waals surface area contributed by atoms with Crippen LogP contribution >= 0.6 is 24.0 Å². The van der Waals surface area contributed by atoms with E-state index in [1.807, 2.05) is 18.2 Å². The number of nitrogens with one attached hydrogen (secondary N) is 1. The van der Waals surface area contributed by atoms with Crippen LogP contribution in [0.15, 0.2) is 48.5 Å². The summed E-state index contributed by atoms with van der Waals surface area (Å²) in [6, 6.07) is 15.4. The standard InChI is InChI=1S/C20H26ClN3O2.ClH/c1-26-19-8-7-17(21)15-18(19)23-20(25)10-13-24(14-11-22)12-9-16-5-3-2-4-6-16;/h2-8,15H,9-14,22H2,1H3,(H,23,25);1H. The minimum absolute atomic E-state index is 0. The third-order valence-corrected chi connectivity index (χ3v) is 4.33. The zero-order chi connectivity index (χ0) is 18.8. The Hall–Kier alpha value is -1.79. The Balaban J connectivity index is 0.00000364. The third-order valence-electron chi connectivity index (χ3n) is 4.10. The molecule has 2 rings (SSSR count). The van der Waals surface area contributed by atoms with E-state index in [1.54, 1.807) is 25.3 Å². The number of methoxy groups -OCH3 is 1. The summed E-state index contributed by atoms with van der Waals surface area (Å²) >= 11 is 6.00. The first kappa shape index (κ1) is 23.2. The highest BCUT2D eigenvalue weighted by atomic mass is 35.5. The average Bonchev–Trinajstić information content (AvgIpc) is 2.65. The fourth-order valence-corrected chi connectivity index (χ4v) is 2.87. The Morgan fingerprint density at radius 3 is 2.56 bits per heavy atom. The van der Waals surface area contributed by atoms with E-state index in [9.17, 15) is 4.79 Å². The maximum Gasteiger partial charge on any atom is 0.225 e. The Kier molecular flexibility index (Phi) is 10.8. The number of nitrogens with two attached hydrogens (primary N) is 1. The van der Waals surface area contributed by atoms with Crippen LogP contribution in [-0.2, 0) is 11.2 Å².